The third-order valence-corrected chi connectivity index (χ3v) is 6.51. The highest BCUT2D eigenvalue weighted by Gasteiger charge is 2.40. The highest BCUT2D eigenvalue weighted by atomic mass is 35.5. The van der Waals surface area contributed by atoms with Crippen molar-refractivity contribution in [2.75, 3.05) is 13.1 Å². The molecule has 0 radical (unpaired) electrons. The fraction of sp³-hybridized carbons (Fsp3) is 0.692. The molecule has 0 bridgehead atoms. The third kappa shape index (κ3) is 2.69. The van der Waals surface area contributed by atoms with Gasteiger partial charge in [-0.3, -0.25) is 0 Å². The summed E-state index contributed by atoms with van der Waals surface area (Å²) in [5.41, 5.74) is 0.885. The van der Waals surface area contributed by atoms with Crippen molar-refractivity contribution in [2.24, 2.45) is 5.41 Å². The van der Waals surface area contributed by atoms with Crippen molar-refractivity contribution in [3.8, 4) is 0 Å². The molecule has 0 saturated carbocycles. The van der Waals surface area contributed by atoms with E-state index in [0.717, 1.165) is 25.0 Å². The number of hydrogen-bond donors (Lipinski definition) is 1. The third-order valence-electron chi connectivity index (χ3n) is 4.40. The van der Waals surface area contributed by atoms with E-state index in [4.69, 9.17) is 11.6 Å². The van der Waals surface area contributed by atoms with Gasteiger partial charge in [-0.2, -0.15) is 4.31 Å². The maximum atomic E-state index is 12.5. The second-order valence-corrected chi connectivity index (χ2v) is 7.50. The van der Waals surface area contributed by atoms with E-state index < -0.39 is 10.0 Å². The van der Waals surface area contributed by atoms with Gasteiger partial charge in [-0.05, 0) is 30.7 Å². The Balaban J connectivity index is 2.22. The fourth-order valence-corrected chi connectivity index (χ4v) is 4.45. The summed E-state index contributed by atoms with van der Waals surface area (Å²) in [7, 11) is -3.38. The highest BCUT2D eigenvalue weighted by Crippen LogP contribution is 2.39. The molecule has 1 fully saturated rings. The van der Waals surface area contributed by atoms with Gasteiger partial charge in [0.15, 0.2) is 0 Å². The van der Waals surface area contributed by atoms with Crippen LogP contribution in [-0.2, 0) is 15.9 Å². The highest BCUT2D eigenvalue weighted by molar-refractivity contribution is 7.89. The van der Waals surface area contributed by atoms with Crippen molar-refractivity contribution in [3.63, 3.8) is 0 Å². The first-order valence-electron chi connectivity index (χ1n) is 6.71. The molecule has 19 heavy (non-hydrogen) atoms. The van der Waals surface area contributed by atoms with Gasteiger partial charge in [-0.1, -0.05) is 13.8 Å². The van der Waals surface area contributed by atoms with E-state index in [1.54, 1.807) is 10.4 Å². The van der Waals surface area contributed by atoms with E-state index >= 15 is 0 Å². The Bertz CT molecular complexity index is 535. The van der Waals surface area contributed by atoms with Crippen molar-refractivity contribution in [1.82, 2.24) is 9.29 Å². The maximum absolute atomic E-state index is 12.5. The zero-order valence-electron chi connectivity index (χ0n) is 11.4. The first-order chi connectivity index (χ1) is 8.97. The molecule has 0 amide bonds. The molecule has 1 saturated heterocycles. The van der Waals surface area contributed by atoms with Crippen LogP contribution >= 0.6 is 11.6 Å². The monoisotopic (exact) mass is 304 g/mol. The number of halogens is 1. The Morgan fingerprint density at radius 2 is 2.11 bits per heavy atom. The maximum Gasteiger partial charge on any atom is 0.244 e. The first-order valence-corrected chi connectivity index (χ1v) is 8.68. The topological polar surface area (TPSA) is 53.2 Å². The lowest BCUT2D eigenvalue weighted by Crippen LogP contribution is -2.31. The van der Waals surface area contributed by atoms with Crippen molar-refractivity contribution >= 4 is 21.6 Å². The van der Waals surface area contributed by atoms with Crippen LogP contribution in [0.25, 0.3) is 0 Å². The summed E-state index contributed by atoms with van der Waals surface area (Å²) in [5, 5.41) is 0. The summed E-state index contributed by atoms with van der Waals surface area (Å²) in [5.74, 6) is 0.295. The van der Waals surface area contributed by atoms with Crippen LogP contribution in [0, 0.1) is 5.41 Å². The molecule has 2 rings (SSSR count). The summed E-state index contributed by atoms with van der Waals surface area (Å²) in [6, 6.07) is 1.63. The molecule has 0 spiro atoms. The minimum absolute atomic E-state index is 0.151. The van der Waals surface area contributed by atoms with E-state index in [0.29, 0.717) is 23.9 Å². The summed E-state index contributed by atoms with van der Waals surface area (Å²) in [6.07, 6.45) is 4.53. The molecule has 0 unspecified atom stereocenters. The predicted octanol–water partition coefficient (Wildman–Crippen LogP) is 2.95. The molecule has 0 atom stereocenters. The lowest BCUT2D eigenvalue weighted by molar-refractivity contribution is 0.279. The van der Waals surface area contributed by atoms with Crippen molar-refractivity contribution < 1.29 is 8.42 Å². The first kappa shape index (κ1) is 14.9. The molecule has 1 N–H and O–H groups in total. The van der Waals surface area contributed by atoms with Gasteiger partial charge < -0.3 is 4.98 Å². The van der Waals surface area contributed by atoms with E-state index in [2.05, 4.69) is 18.8 Å². The molecule has 2 heterocycles. The van der Waals surface area contributed by atoms with E-state index in [9.17, 15) is 8.42 Å². The molecule has 1 aromatic rings. The second kappa shape index (κ2) is 5.46. The van der Waals surface area contributed by atoms with Gasteiger partial charge in [0.1, 0.15) is 0 Å². The molecule has 0 aliphatic carbocycles. The zero-order valence-corrected chi connectivity index (χ0v) is 13.0. The number of rotatable bonds is 5. The molecule has 6 heteroatoms. The lowest BCUT2D eigenvalue weighted by Gasteiger charge is -2.26. The summed E-state index contributed by atoms with van der Waals surface area (Å²) < 4.78 is 26.7. The van der Waals surface area contributed by atoms with Crippen LogP contribution in [0.4, 0.5) is 0 Å². The SMILES string of the molecule is CCC1(CC)CCN(S(=O)(=O)c2c[nH]c(CCl)c2)C1. The van der Waals surface area contributed by atoms with Crippen LogP contribution in [0.15, 0.2) is 17.2 Å². The second-order valence-electron chi connectivity index (χ2n) is 5.29. The zero-order chi connectivity index (χ0) is 14.1. The molecule has 1 aliphatic heterocycles. The molecule has 108 valence electrons. The molecular weight excluding hydrogens is 284 g/mol. The van der Waals surface area contributed by atoms with Crippen LogP contribution in [-0.4, -0.2) is 30.8 Å². The lowest BCUT2D eigenvalue weighted by atomic mass is 9.82. The summed E-state index contributed by atoms with van der Waals surface area (Å²) in [6.45, 7) is 5.53. The standard InChI is InChI=1S/C13H21ClN2O2S/c1-3-13(4-2)5-6-16(10-13)19(17,18)12-7-11(8-14)15-9-12/h7,9,15H,3-6,8,10H2,1-2H3. The molecule has 1 aliphatic rings. The molecular formula is C13H21ClN2O2S. The Morgan fingerprint density at radius 3 is 2.58 bits per heavy atom. The Kier molecular flexibility index (Phi) is 4.28. The number of alkyl halides is 1. The van der Waals surface area contributed by atoms with Crippen molar-refractivity contribution in [3.05, 3.63) is 18.0 Å². The molecule has 0 aromatic carbocycles. The number of hydrogen-bond acceptors (Lipinski definition) is 2. The molecule has 1 aromatic heterocycles. The van der Waals surface area contributed by atoms with Crippen LogP contribution < -0.4 is 0 Å². The number of aromatic amines is 1. The van der Waals surface area contributed by atoms with Crippen LogP contribution in [0.2, 0.25) is 0 Å². The summed E-state index contributed by atoms with van der Waals surface area (Å²) >= 11 is 5.70. The number of nitrogens with one attached hydrogen (secondary N) is 1. The van der Waals surface area contributed by atoms with Gasteiger partial charge in [0.2, 0.25) is 10.0 Å². The Morgan fingerprint density at radius 1 is 1.42 bits per heavy atom. The number of H-pyrrole nitrogens is 1. The minimum Gasteiger partial charge on any atom is -0.363 e. The number of aromatic nitrogens is 1. The average molecular weight is 305 g/mol. The number of nitrogens with zero attached hydrogens (tertiary/aromatic N) is 1. The van der Waals surface area contributed by atoms with Crippen molar-refractivity contribution in [2.45, 2.75) is 43.9 Å². The average Bonchev–Trinajstić information content (AvgIpc) is 3.06. The molecule has 4 nitrogen and oxygen atoms in total. The quantitative estimate of drug-likeness (QED) is 0.850. The van der Waals surface area contributed by atoms with Crippen LogP contribution in [0.5, 0.6) is 0 Å². The van der Waals surface area contributed by atoms with Gasteiger partial charge in [0.05, 0.1) is 10.8 Å². The predicted molar refractivity (Wildman–Crippen MR) is 76.7 cm³/mol. The van der Waals surface area contributed by atoms with Crippen LogP contribution in [0.3, 0.4) is 0 Å². The fourth-order valence-electron chi connectivity index (χ4n) is 2.72. The number of sulfonamides is 1. The van der Waals surface area contributed by atoms with Gasteiger partial charge >= 0.3 is 0 Å². The van der Waals surface area contributed by atoms with Gasteiger partial charge in [-0.15, -0.1) is 11.6 Å². The minimum atomic E-state index is -3.38. The summed E-state index contributed by atoms with van der Waals surface area (Å²) in [4.78, 5) is 3.22. The van der Waals surface area contributed by atoms with Gasteiger partial charge in [-0.25, -0.2) is 8.42 Å². The van der Waals surface area contributed by atoms with E-state index in [-0.39, 0.29) is 5.41 Å². The Hall–Kier alpha value is -0.520. The smallest absolute Gasteiger partial charge is 0.244 e. The van der Waals surface area contributed by atoms with E-state index in [1.165, 1.54) is 6.20 Å². The van der Waals surface area contributed by atoms with Crippen molar-refractivity contribution in [1.29, 1.82) is 0 Å². The normalized spacial score (nSPS) is 19.9. The van der Waals surface area contributed by atoms with Gasteiger partial charge in [0.25, 0.3) is 0 Å². The van der Waals surface area contributed by atoms with Gasteiger partial charge in [0, 0.05) is 25.0 Å². The largest absolute Gasteiger partial charge is 0.363 e. The van der Waals surface area contributed by atoms with Crippen LogP contribution in [0.1, 0.15) is 38.8 Å². The van der Waals surface area contributed by atoms with E-state index in [1.807, 2.05) is 0 Å². The Labute approximate surface area is 120 Å².